The number of hydrogen-bond acceptors (Lipinski definition) is 5. The van der Waals surface area contributed by atoms with Crippen molar-refractivity contribution in [2.45, 2.75) is 18.8 Å². The largest absolute Gasteiger partial charge is 0.389 e. The summed E-state index contributed by atoms with van der Waals surface area (Å²) in [7, 11) is 0. The second-order valence-corrected chi connectivity index (χ2v) is 6.89. The van der Waals surface area contributed by atoms with Crippen molar-refractivity contribution >= 4 is 29.6 Å². The molecule has 1 aromatic carbocycles. The molecule has 0 spiro atoms. The number of carbonyl (C=O) groups excluding carboxylic acids is 3. The number of primary amides is 1. The van der Waals surface area contributed by atoms with E-state index in [-0.39, 0.29) is 39.4 Å². The van der Waals surface area contributed by atoms with Gasteiger partial charge in [-0.25, -0.2) is 9.59 Å². The molecule has 2 aliphatic rings. The molecule has 3 rings (SSSR count). The van der Waals surface area contributed by atoms with Crippen LogP contribution in [0.15, 0.2) is 24.3 Å². The van der Waals surface area contributed by atoms with Gasteiger partial charge in [-0.3, -0.25) is 9.69 Å². The van der Waals surface area contributed by atoms with E-state index in [1.807, 2.05) is 12.1 Å². The maximum atomic E-state index is 12.5. The Morgan fingerprint density at radius 2 is 2.07 bits per heavy atom. The quantitative estimate of drug-likeness (QED) is 0.668. The molecule has 2 fully saturated rings. The number of aliphatic hydroxyl groups excluding tert-OH is 1. The Labute approximate surface area is 161 Å². The Kier molecular flexibility index (Phi) is 5.83. The van der Waals surface area contributed by atoms with Crippen LogP contribution in [-0.4, -0.2) is 82.7 Å². The summed E-state index contributed by atoms with van der Waals surface area (Å²) in [6.07, 6.45) is -1.03. The number of rotatable bonds is 6. The number of nitrogens with two attached hydrogens (primary N) is 1. The first kappa shape index (κ1) is 19.4. The van der Waals surface area contributed by atoms with Gasteiger partial charge in [-0.1, -0.05) is 29.8 Å². The Hall–Kier alpha value is -2.36. The number of nitrogens with zero attached hydrogens (tertiary/aromatic N) is 3. The number of amides is 5. The van der Waals surface area contributed by atoms with Crippen molar-refractivity contribution in [1.82, 2.24) is 14.7 Å². The fraction of sp³-hybridized carbons (Fsp3) is 0.471. The second kappa shape index (κ2) is 8.12. The van der Waals surface area contributed by atoms with Gasteiger partial charge >= 0.3 is 12.1 Å². The van der Waals surface area contributed by atoms with Crippen LogP contribution >= 0.6 is 11.6 Å². The summed E-state index contributed by atoms with van der Waals surface area (Å²) in [6, 6.07) is 5.33. The van der Waals surface area contributed by atoms with Gasteiger partial charge in [0, 0.05) is 18.1 Å². The lowest BCUT2D eigenvalue weighted by atomic mass is 10.2. The van der Waals surface area contributed by atoms with E-state index in [1.165, 1.54) is 9.80 Å². The number of benzene rings is 1. The zero-order chi connectivity index (χ0) is 19.6. The molecule has 2 saturated heterocycles. The third-order valence-electron chi connectivity index (χ3n) is 4.64. The van der Waals surface area contributed by atoms with Crippen LogP contribution in [-0.2, 0) is 16.1 Å². The lowest BCUT2D eigenvalue weighted by Gasteiger charge is -2.34. The van der Waals surface area contributed by atoms with Crippen LogP contribution in [0.5, 0.6) is 0 Å². The minimum absolute atomic E-state index is 0.0552. The van der Waals surface area contributed by atoms with Crippen molar-refractivity contribution < 1.29 is 24.2 Å². The third-order valence-corrected chi connectivity index (χ3v) is 5.01. The number of hydrogen-bond donors (Lipinski definition) is 2. The molecule has 27 heavy (non-hydrogen) atoms. The number of halogens is 1. The number of carbonyl (C=O) groups is 3. The van der Waals surface area contributed by atoms with Crippen LogP contribution in [0.3, 0.4) is 0 Å². The molecule has 0 aromatic heterocycles. The number of β-amino-alcohol motifs (C(OH)–C–C–N with tert-alkyl or cyclic N) is 1. The van der Waals surface area contributed by atoms with E-state index < -0.39 is 30.1 Å². The SMILES string of the molecule is NC(=O)N1CCN2C(=O)N(CC(O)COCc3ccccc3Cl)C(=O)C2C1. The summed E-state index contributed by atoms with van der Waals surface area (Å²) in [5.41, 5.74) is 6.03. The molecule has 146 valence electrons. The molecule has 2 unspecified atom stereocenters. The first-order valence-electron chi connectivity index (χ1n) is 8.54. The van der Waals surface area contributed by atoms with Crippen molar-refractivity contribution in [3.8, 4) is 0 Å². The monoisotopic (exact) mass is 396 g/mol. The van der Waals surface area contributed by atoms with Gasteiger partial charge < -0.3 is 25.4 Å². The van der Waals surface area contributed by atoms with Gasteiger partial charge in [0.1, 0.15) is 6.04 Å². The molecule has 0 saturated carbocycles. The second-order valence-electron chi connectivity index (χ2n) is 6.49. The van der Waals surface area contributed by atoms with Gasteiger partial charge in [-0.15, -0.1) is 0 Å². The third kappa shape index (κ3) is 4.15. The molecular weight excluding hydrogens is 376 g/mol. The molecule has 5 amide bonds. The smallest absolute Gasteiger partial charge is 0.327 e. The van der Waals surface area contributed by atoms with Gasteiger partial charge in [-0.2, -0.15) is 0 Å². The van der Waals surface area contributed by atoms with Crippen LogP contribution < -0.4 is 5.73 Å². The van der Waals surface area contributed by atoms with Crippen molar-refractivity contribution in [2.75, 3.05) is 32.8 Å². The summed E-state index contributed by atoms with van der Waals surface area (Å²) in [5.74, 6) is -0.448. The van der Waals surface area contributed by atoms with Gasteiger partial charge in [0.2, 0.25) is 0 Å². The van der Waals surface area contributed by atoms with Gasteiger partial charge in [0.05, 0.1) is 32.4 Å². The average Bonchev–Trinajstić information content (AvgIpc) is 2.88. The maximum absolute atomic E-state index is 12.5. The highest BCUT2D eigenvalue weighted by Crippen LogP contribution is 2.22. The highest BCUT2D eigenvalue weighted by molar-refractivity contribution is 6.31. The topological polar surface area (TPSA) is 116 Å². The van der Waals surface area contributed by atoms with Crippen molar-refractivity contribution in [3.63, 3.8) is 0 Å². The first-order chi connectivity index (χ1) is 12.9. The van der Waals surface area contributed by atoms with E-state index in [0.717, 1.165) is 10.5 Å². The minimum atomic E-state index is -1.03. The number of urea groups is 2. The predicted molar refractivity (Wildman–Crippen MR) is 95.9 cm³/mol. The highest BCUT2D eigenvalue weighted by Gasteiger charge is 2.48. The van der Waals surface area contributed by atoms with Crippen LogP contribution in [0.1, 0.15) is 5.56 Å². The van der Waals surface area contributed by atoms with E-state index in [1.54, 1.807) is 12.1 Å². The molecule has 9 nitrogen and oxygen atoms in total. The number of imide groups is 1. The van der Waals surface area contributed by atoms with Crippen LogP contribution in [0, 0.1) is 0 Å². The molecule has 0 bridgehead atoms. The number of piperazine rings is 1. The maximum Gasteiger partial charge on any atom is 0.327 e. The fourth-order valence-electron chi connectivity index (χ4n) is 3.20. The van der Waals surface area contributed by atoms with Gasteiger partial charge in [-0.05, 0) is 11.6 Å². The van der Waals surface area contributed by atoms with Crippen molar-refractivity contribution in [3.05, 3.63) is 34.9 Å². The Bertz CT molecular complexity index is 746. The van der Waals surface area contributed by atoms with E-state index in [0.29, 0.717) is 5.02 Å². The number of ether oxygens (including phenoxy) is 1. The normalized spacial score (nSPS) is 20.8. The first-order valence-corrected chi connectivity index (χ1v) is 8.92. The molecule has 3 N–H and O–H groups in total. The highest BCUT2D eigenvalue weighted by atomic mass is 35.5. The molecular formula is C17H21ClN4O5. The zero-order valence-electron chi connectivity index (χ0n) is 14.6. The van der Waals surface area contributed by atoms with E-state index in [4.69, 9.17) is 22.1 Å². The van der Waals surface area contributed by atoms with Gasteiger partial charge in [0.25, 0.3) is 5.91 Å². The van der Waals surface area contributed by atoms with Gasteiger partial charge in [0.15, 0.2) is 0 Å². The molecule has 0 radical (unpaired) electrons. The Balaban J connectivity index is 1.52. The zero-order valence-corrected chi connectivity index (χ0v) is 15.3. The van der Waals surface area contributed by atoms with Crippen LogP contribution in [0.25, 0.3) is 0 Å². The molecule has 2 heterocycles. The Morgan fingerprint density at radius 3 is 2.78 bits per heavy atom. The molecule has 10 heteroatoms. The predicted octanol–water partition coefficient (Wildman–Crippen LogP) is 0.245. The van der Waals surface area contributed by atoms with E-state index in [2.05, 4.69) is 0 Å². The summed E-state index contributed by atoms with van der Waals surface area (Å²) in [4.78, 5) is 40.0. The lowest BCUT2D eigenvalue weighted by Crippen LogP contribution is -2.55. The number of aliphatic hydroxyl groups is 1. The van der Waals surface area contributed by atoms with Crippen LogP contribution in [0.4, 0.5) is 9.59 Å². The van der Waals surface area contributed by atoms with Crippen molar-refractivity contribution in [1.29, 1.82) is 0 Å². The molecule has 1 aromatic rings. The summed E-state index contributed by atoms with van der Waals surface area (Å²) >= 11 is 6.04. The standard InChI is InChI=1S/C17H21ClN4O5/c18-13-4-2-1-3-11(13)9-27-10-12(23)7-22-15(24)14-8-20(16(19)25)5-6-21(14)17(22)26/h1-4,12,14,23H,5-10H2,(H2,19,25). The Morgan fingerprint density at radius 1 is 1.33 bits per heavy atom. The van der Waals surface area contributed by atoms with E-state index >= 15 is 0 Å². The average molecular weight is 397 g/mol. The summed E-state index contributed by atoms with van der Waals surface area (Å²) in [5, 5.41) is 10.7. The number of fused-ring (bicyclic) bond motifs is 1. The molecule has 2 aliphatic heterocycles. The molecule has 2 atom stereocenters. The van der Waals surface area contributed by atoms with Crippen LogP contribution in [0.2, 0.25) is 5.02 Å². The van der Waals surface area contributed by atoms with Crippen molar-refractivity contribution in [2.24, 2.45) is 5.73 Å². The van der Waals surface area contributed by atoms with E-state index in [9.17, 15) is 19.5 Å². The lowest BCUT2D eigenvalue weighted by molar-refractivity contribution is -0.130. The molecule has 0 aliphatic carbocycles. The summed E-state index contributed by atoms with van der Waals surface area (Å²) in [6.45, 7) is 0.552. The summed E-state index contributed by atoms with van der Waals surface area (Å²) < 4.78 is 5.44. The minimum Gasteiger partial charge on any atom is -0.389 e. The fourth-order valence-corrected chi connectivity index (χ4v) is 3.39.